The zero-order valence-electron chi connectivity index (χ0n) is 28.0. The van der Waals surface area contributed by atoms with E-state index >= 15 is 0 Å². The Morgan fingerprint density at radius 3 is 1.08 bits per heavy atom. The van der Waals surface area contributed by atoms with E-state index in [0.29, 0.717) is 25.2 Å². The Bertz CT molecular complexity index is 966. The highest BCUT2D eigenvalue weighted by molar-refractivity contribution is 5.85. The summed E-state index contributed by atoms with van der Waals surface area (Å²) in [6, 6.07) is 8.02. The Labute approximate surface area is 282 Å². The van der Waals surface area contributed by atoms with E-state index in [-0.39, 0.29) is 33.0 Å². The van der Waals surface area contributed by atoms with Gasteiger partial charge in [-0.1, -0.05) is 82.3 Å². The number of rotatable bonds is 14. The highest BCUT2D eigenvalue weighted by Gasteiger charge is 2.24. The summed E-state index contributed by atoms with van der Waals surface area (Å²) >= 11 is 0. The van der Waals surface area contributed by atoms with Gasteiger partial charge in [0.2, 0.25) is 0 Å². The van der Waals surface area contributed by atoms with Crippen molar-refractivity contribution in [3.63, 3.8) is 0 Å². The van der Waals surface area contributed by atoms with Gasteiger partial charge in [-0.3, -0.25) is 0 Å². The average Bonchev–Trinajstić information content (AvgIpc) is 3.10. The minimum absolute atomic E-state index is 0.0278. The maximum Gasteiger partial charge on any atom is 0.330 e. The molecule has 9 N–H and O–H groups in total. The lowest BCUT2D eigenvalue weighted by molar-refractivity contribution is -0.133. The first-order valence-electron chi connectivity index (χ1n) is 13.9. The van der Waals surface area contributed by atoms with Crippen LogP contribution in [0.4, 0.5) is 0 Å². The van der Waals surface area contributed by atoms with Crippen molar-refractivity contribution in [1.82, 2.24) is 0 Å². The number of ether oxygens (including phenoxy) is 1. The quantitative estimate of drug-likeness (QED) is 0.101. The molecule has 0 aliphatic heterocycles. The smallest absolute Gasteiger partial charge is 0.330 e. The van der Waals surface area contributed by atoms with Crippen LogP contribution in [0.5, 0.6) is 0 Å². The maximum atomic E-state index is 9.86. The predicted molar refractivity (Wildman–Crippen MR) is 186 cm³/mol. The molecule has 0 bridgehead atoms. The first-order valence-corrected chi connectivity index (χ1v) is 13.9. The van der Waals surface area contributed by atoms with Gasteiger partial charge in [-0.2, -0.15) is 0 Å². The van der Waals surface area contributed by atoms with E-state index in [4.69, 9.17) is 46.0 Å². The molecule has 0 unspecified atom stereocenters. The van der Waals surface area contributed by atoms with Gasteiger partial charge in [-0.15, -0.1) is 0 Å². The number of carboxylic acids is 4. The van der Waals surface area contributed by atoms with Crippen molar-refractivity contribution in [2.45, 2.75) is 27.2 Å². The Morgan fingerprint density at radius 2 is 0.979 bits per heavy atom. The summed E-state index contributed by atoms with van der Waals surface area (Å²) in [5.74, 6) is -3.79. The molecule has 0 radical (unpaired) electrons. The van der Waals surface area contributed by atoms with Crippen LogP contribution in [0.1, 0.15) is 38.3 Å². The van der Waals surface area contributed by atoms with Gasteiger partial charge in [0.15, 0.2) is 0 Å². The zero-order valence-corrected chi connectivity index (χ0v) is 28.0. The molecule has 0 saturated carbocycles. The molecule has 0 heterocycles. The summed E-state index contributed by atoms with van der Waals surface area (Å²) in [5.41, 5.74) is 2.00. The van der Waals surface area contributed by atoms with E-state index in [9.17, 15) is 19.2 Å². The number of benzene rings is 1. The largest absolute Gasteiger partial charge is 0.478 e. The molecule has 0 aliphatic carbocycles. The fourth-order valence-electron chi connectivity index (χ4n) is 1.72. The van der Waals surface area contributed by atoms with E-state index in [1.54, 1.807) is 19.9 Å². The number of carbonyl (C=O) groups is 4. The van der Waals surface area contributed by atoms with Crippen molar-refractivity contribution < 1.29 is 69.9 Å². The second kappa shape index (κ2) is 42.3. The highest BCUT2D eigenvalue weighted by Crippen LogP contribution is 2.18. The lowest BCUT2D eigenvalue weighted by Crippen LogP contribution is -2.32. The van der Waals surface area contributed by atoms with E-state index in [0.717, 1.165) is 29.4 Å². The van der Waals surface area contributed by atoms with Crippen LogP contribution in [-0.4, -0.2) is 116 Å². The SMILES string of the molecule is C=CC(=O)O.C=CC(=O)O.C=CC(=O)O.C=Cc1ccccc1C=C.CC=C(C)C(=O)O.CCC(CO)(CO)CO.OCCOCCO. The van der Waals surface area contributed by atoms with Gasteiger partial charge in [-0.05, 0) is 31.4 Å². The fourth-order valence-corrected chi connectivity index (χ4v) is 1.72. The van der Waals surface area contributed by atoms with Crippen LogP contribution in [0, 0.1) is 5.41 Å². The van der Waals surface area contributed by atoms with Crippen LogP contribution >= 0.6 is 0 Å². The Morgan fingerprint density at radius 1 is 0.688 bits per heavy atom. The Kier molecular flexibility index (Phi) is 49.1. The molecular formula is C34H54O14. The third-order valence-corrected chi connectivity index (χ3v) is 4.96. The van der Waals surface area contributed by atoms with Crippen LogP contribution in [0.3, 0.4) is 0 Å². The number of hydrogen-bond acceptors (Lipinski definition) is 10. The van der Waals surface area contributed by atoms with Gasteiger partial charge in [0.05, 0.1) is 46.2 Å². The van der Waals surface area contributed by atoms with Crippen LogP contribution in [0.2, 0.25) is 0 Å². The van der Waals surface area contributed by atoms with Gasteiger partial charge >= 0.3 is 23.9 Å². The summed E-state index contributed by atoms with van der Waals surface area (Å²) in [6.07, 6.45) is 8.31. The molecule has 0 atom stereocenters. The van der Waals surface area contributed by atoms with Gasteiger partial charge in [-0.25, -0.2) is 19.2 Å². The molecule has 274 valence electrons. The minimum atomic E-state index is -0.981. The monoisotopic (exact) mass is 686 g/mol. The number of aliphatic hydroxyl groups excluding tert-OH is 5. The van der Waals surface area contributed by atoms with Crippen molar-refractivity contribution in [3.05, 3.63) is 98.2 Å². The Hall–Kier alpha value is -4.70. The molecule has 0 saturated heterocycles. The van der Waals surface area contributed by atoms with Gasteiger partial charge in [0.25, 0.3) is 0 Å². The summed E-state index contributed by atoms with van der Waals surface area (Å²) in [6.45, 7) is 21.6. The van der Waals surface area contributed by atoms with Crippen LogP contribution < -0.4 is 0 Å². The third kappa shape index (κ3) is 45.7. The number of allylic oxidation sites excluding steroid dienone is 1. The number of hydrogen-bond donors (Lipinski definition) is 9. The number of aliphatic carboxylic acids is 4. The molecule has 0 amide bonds. The maximum absolute atomic E-state index is 9.86. The van der Waals surface area contributed by atoms with Crippen molar-refractivity contribution in [3.8, 4) is 0 Å². The van der Waals surface area contributed by atoms with Gasteiger partial charge < -0.3 is 50.7 Å². The van der Waals surface area contributed by atoms with E-state index in [2.05, 4.69) is 37.6 Å². The van der Waals surface area contributed by atoms with E-state index in [1.807, 2.05) is 43.3 Å². The van der Waals surface area contributed by atoms with Crippen LogP contribution in [0.25, 0.3) is 12.2 Å². The standard InChI is InChI=1S/C10H10.C6H14O3.C5H8O2.C4H10O3.3C3H4O2/c1-3-9-7-5-6-8-10(9)4-2;1-2-6(3-7,4-8)5-9;1-3-4(2)5(6)7;5-1-3-7-4-2-6;3*1-2-3(4)5/h3-8H,1-2H2;7-9H,2-5H2,1H3;3H,1-2H3,(H,6,7);5-6H,1-4H2;3*2H,1H2,(H,4,5). The lowest BCUT2D eigenvalue weighted by Gasteiger charge is -2.24. The van der Waals surface area contributed by atoms with Gasteiger partial charge in [0, 0.05) is 29.2 Å². The van der Waals surface area contributed by atoms with Gasteiger partial charge in [0.1, 0.15) is 0 Å². The fraction of sp³-hybridized carbons (Fsp3) is 0.353. The zero-order chi connectivity index (χ0) is 39.0. The second-order valence-corrected chi connectivity index (χ2v) is 8.33. The Balaban J connectivity index is -0.000000109. The summed E-state index contributed by atoms with van der Waals surface area (Å²) in [5, 5.41) is 73.1. The lowest BCUT2D eigenvalue weighted by atomic mass is 9.88. The second-order valence-electron chi connectivity index (χ2n) is 8.33. The summed E-state index contributed by atoms with van der Waals surface area (Å²) < 4.78 is 4.63. The molecule has 1 aromatic rings. The summed E-state index contributed by atoms with van der Waals surface area (Å²) in [4.78, 5) is 37.6. The molecule has 48 heavy (non-hydrogen) atoms. The van der Waals surface area contributed by atoms with Crippen molar-refractivity contribution in [2.24, 2.45) is 5.41 Å². The molecule has 14 nitrogen and oxygen atoms in total. The molecular weight excluding hydrogens is 632 g/mol. The first-order chi connectivity index (χ1) is 22.5. The van der Waals surface area contributed by atoms with Crippen molar-refractivity contribution >= 4 is 36.0 Å². The van der Waals surface area contributed by atoms with Crippen molar-refractivity contribution in [2.75, 3.05) is 46.2 Å². The topological polar surface area (TPSA) is 260 Å². The molecule has 0 aromatic heterocycles. The molecule has 1 aromatic carbocycles. The van der Waals surface area contributed by atoms with Crippen molar-refractivity contribution in [1.29, 1.82) is 0 Å². The molecule has 14 heteroatoms. The van der Waals surface area contributed by atoms with E-state index in [1.165, 1.54) is 0 Å². The molecule has 0 fully saturated rings. The van der Waals surface area contributed by atoms with Crippen LogP contribution in [-0.2, 0) is 23.9 Å². The predicted octanol–water partition coefficient (Wildman–Crippen LogP) is 3.13. The molecule has 0 spiro atoms. The highest BCUT2D eigenvalue weighted by atomic mass is 16.5. The molecule has 1 rings (SSSR count). The number of carboxylic acid groups (broad SMARTS) is 4. The summed E-state index contributed by atoms with van der Waals surface area (Å²) in [7, 11) is 0. The minimum Gasteiger partial charge on any atom is -0.478 e. The average molecular weight is 687 g/mol. The normalized spacial score (nSPS) is 9.12. The number of aliphatic hydroxyl groups is 5. The van der Waals surface area contributed by atoms with E-state index < -0.39 is 29.3 Å². The first kappa shape index (κ1) is 55.7. The third-order valence-electron chi connectivity index (χ3n) is 4.96. The van der Waals surface area contributed by atoms with Crippen LogP contribution in [0.15, 0.2) is 87.0 Å². The molecule has 0 aliphatic rings.